The maximum absolute atomic E-state index is 9.44. The summed E-state index contributed by atoms with van der Waals surface area (Å²) in [5.41, 5.74) is 18.1. The van der Waals surface area contributed by atoms with Gasteiger partial charge in [0.25, 0.3) is 0 Å². The first-order chi connectivity index (χ1) is 80.1. The van der Waals surface area contributed by atoms with Gasteiger partial charge in [-0.15, -0.1) is 0 Å². The summed E-state index contributed by atoms with van der Waals surface area (Å²) in [6.45, 7) is 4.46. The zero-order chi connectivity index (χ0) is 115. The van der Waals surface area contributed by atoms with Gasteiger partial charge in [-0.1, -0.05) is 444 Å². The van der Waals surface area contributed by atoms with Crippen molar-refractivity contribution in [3.63, 3.8) is 0 Å². The molecular weight excluding hydrogens is 1720 g/mol. The van der Waals surface area contributed by atoms with Crippen molar-refractivity contribution in [1.29, 1.82) is 0 Å². The van der Waals surface area contributed by atoms with Gasteiger partial charge in [-0.05, 0) is 297 Å². The van der Waals surface area contributed by atoms with Crippen LogP contribution >= 0.6 is 0 Å². The van der Waals surface area contributed by atoms with Crippen LogP contribution in [0, 0.1) is 5.92 Å². The third-order valence-electron chi connectivity index (χ3n) is 29.2. The van der Waals surface area contributed by atoms with Crippen LogP contribution in [0.25, 0.3) is 268 Å². The Morgan fingerprint density at radius 1 is 0.211 bits per heavy atom. The van der Waals surface area contributed by atoms with Crippen LogP contribution in [0.5, 0.6) is 0 Å². The molecule has 0 N–H and O–H groups in total. The van der Waals surface area contributed by atoms with Crippen molar-refractivity contribution in [2.24, 2.45) is 5.92 Å². The number of hydrogen-bond acceptors (Lipinski definition) is 3. The van der Waals surface area contributed by atoms with Gasteiger partial charge in [0.1, 0.15) is 33.5 Å². The first kappa shape index (κ1) is 61.2. The van der Waals surface area contributed by atoms with E-state index >= 15 is 0 Å². The number of benzene rings is 25. The number of para-hydroxylation sites is 3. The highest BCUT2D eigenvalue weighted by Gasteiger charge is 2.46. The second-order valence-electron chi connectivity index (χ2n) is 37.2. The Labute approximate surface area is 854 Å². The van der Waals surface area contributed by atoms with E-state index in [0.717, 1.165) is 131 Å². The SMILES string of the molecule is [2H]c1c([2H])c([2H])c2c(-c3cc4ccccc4c4ccccc34)c3c([2H])c([2H])c([2H])c([2H])c3c(-c3ccc(-c4ccc5oc6ccccc6c5c4)cc3)c2c1[2H].[2H]c1c([2H])c([2H])c2c(-c3ccc4c(ccc5ccccc54)c3)c3c([2H])c([2H])c([2H])c([2H])c3c(-c3ccc(-c4ccc5oc6ccccc6c5c4)cc3)c2c1[2H].[2H]c1c([2H])c([2H])c2c(-c3ccc4oc5ccccc5c4c3)c3c([2H])c([2H])c([2H])c([2H])c3c(C3=CC4C(C=C3)c3ccc(-c5ccccc5)cc3C4(C)C)c2c1[2H]. The summed E-state index contributed by atoms with van der Waals surface area (Å²) in [5.74, 6) is 0.000642. The van der Waals surface area contributed by atoms with Crippen LogP contribution in [0.4, 0.5) is 0 Å². The molecule has 30 rings (SSSR count). The minimum absolute atomic E-state index is 0.0452. The Morgan fingerprint density at radius 2 is 0.521 bits per heavy atom. The molecule has 3 heterocycles. The van der Waals surface area contributed by atoms with E-state index in [-0.39, 0.29) is 154 Å². The van der Waals surface area contributed by atoms with E-state index in [9.17, 15) is 16.4 Å². The van der Waals surface area contributed by atoms with Gasteiger partial charge in [-0.25, -0.2) is 0 Å². The largest absolute Gasteiger partial charge is 0.456 e. The van der Waals surface area contributed by atoms with E-state index in [4.69, 9.17) is 29.7 Å². The van der Waals surface area contributed by atoms with E-state index in [2.05, 4.69) is 68.5 Å². The Hall–Kier alpha value is -18.0. The van der Waals surface area contributed by atoms with Crippen LogP contribution in [0.15, 0.2) is 510 Å². The van der Waals surface area contributed by atoms with Crippen LogP contribution in [-0.2, 0) is 5.41 Å². The summed E-state index contributed by atoms with van der Waals surface area (Å²) in [7, 11) is 0. The van der Waals surface area contributed by atoms with Crippen LogP contribution < -0.4 is 0 Å². The zero-order valence-electron chi connectivity index (χ0n) is 100. The van der Waals surface area contributed by atoms with Crippen molar-refractivity contribution in [2.75, 3.05) is 0 Å². The maximum atomic E-state index is 9.44. The number of furan rings is 3. The van der Waals surface area contributed by atoms with Gasteiger partial charge in [0.2, 0.25) is 0 Å². The fraction of sp³-hybridized carbons (Fsp3) is 0.0360. The lowest BCUT2D eigenvalue weighted by Crippen LogP contribution is -2.25. The van der Waals surface area contributed by atoms with Gasteiger partial charge < -0.3 is 13.3 Å². The number of fused-ring (bicyclic) bond motifs is 24. The lowest BCUT2D eigenvalue weighted by atomic mass is 9.72. The summed E-state index contributed by atoms with van der Waals surface area (Å²) < 4.78 is 237. The van der Waals surface area contributed by atoms with E-state index in [0.29, 0.717) is 77.9 Å². The molecule has 2 unspecified atom stereocenters. The standard InChI is InChI=1S/C47H34O.2C46H28O/c1-47(2)41-27-30(29-12-4-3-5-13-29)20-23-33(41)34-24-21-32(28-42(34)47)46-38-17-8-6-15-36(38)45(37-16-7-9-18-39(37)46)31-22-25-44-40(26-31)35-14-10-11-19-43(35)48-44;1-2-10-35-30(9-1)19-22-33-27-34(23-25-36(33)35)46-40-14-5-3-12-38(40)45(39-13-4-6-15-41(39)46)31-20-17-29(18-21-31)32-24-26-44-42(28-32)37-11-7-8-16-43(37)47-44;1-2-12-33-32(11-1)28-42(35-14-4-3-13-34(33)35)46-39-18-7-5-16-37(39)45(38-17-6-8-19-40(38)46)30-23-21-29(22-24-30)31-25-26-44-41(27-31)36-15-9-10-20-43(36)47-44/h3-28,34,42H,1-2H3;2*1-28H/i6D,7D,8D,9D,15D,16D,17D,18D;3D,4D,5D,6D,12D,13D,14D,15D;5D,6D,7D,8D,16D,17D,18D,19D. The summed E-state index contributed by atoms with van der Waals surface area (Å²) in [5, 5.41) is 15.6. The normalized spacial score (nSPS) is 16.3. The molecule has 2 aliphatic rings. The summed E-state index contributed by atoms with van der Waals surface area (Å²) >= 11 is 0. The van der Waals surface area contributed by atoms with Gasteiger partial charge in [0, 0.05) is 38.2 Å². The third-order valence-corrected chi connectivity index (χ3v) is 29.2. The fourth-order valence-corrected chi connectivity index (χ4v) is 22.6. The van der Waals surface area contributed by atoms with Crippen LogP contribution in [0.2, 0.25) is 0 Å². The molecule has 0 aliphatic heterocycles. The highest BCUT2D eigenvalue weighted by molar-refractivity contribution is 6.28. The minimum atomic E-state index is -0.425. The highest BCUT2D eigenvalue weighted by Crippen LogP contribution is 2.58. The third kappa shape index (κ3) is 13.4. The molecule has 0 saturated carbocycles. The molecule has 3 nitrogen and oxygen atoms in total. The summed E-state index contributed by atoms with van der Waals surface area (Å²) in [6.07, 6.45) is 6.28. The Kier molecular flexibility index (Phi) is 14.3. The molecule has 0 bridgehead atoms. The second-order valence-corrected chi connectivity index (χ2v) is 37.2. The molecule has 142 heavy (non-hydrogen) atoms. The van der Waals surface area contributed by atoms with Gasteiger partial charge in [-0.3, -0.25) is 0 Å². The Bertz CT molecular complexity index is 11500. The predicted octanol–water partition coefficient (Wildman–Crippen LogP) is 39.3. The molecule has 0 amide bonds. The van der Waals surface area contributed by atoms with Gasteiger partial charge in [0.05, 0.1) is 32.9 Å². The zero-order valence-corrected chi connectivity index (χ0v) is 76.4. The maximum Gasteiger partial charge on any atom is 0.135 e. The average Bonchev–Trinajstić information content (AvgIpc) is 1.16. The van der Waals surface area contributed by atoms with Crippen LogP contribution in [0.1, 0.15) is 69.4 Å². The fourth-order valence-electron chi connectivity index (χ4n) is 22.6. The molecular formula is C139H90O3. The average molecular weight is 1830 g/mol. The first-order valence-electron chi connectivity index (χ1n) is 59.4. The molecule has 2 aliphatic carbocycles. The first-order valence-corrected chi connectivity index (χ1v) is 47.4. The van der Waals surface area contributed by atoms with Crippen molar-refractivity contribution in [2.45, 2.75) is 25.2 Å². The minimum Gasteiger partial charge on any atom is -0.456 e. The number of rotatable bonds is 9. The monoisotopic (exact) mass is 1830 g/mol. The molecule has 0 radical (unpaired) electrons. The van der Waals surface area contributed by atoms with E-state index in [1.54, 1.807) is 6.07 Å². The molecule has 3 aromatic heterocycles. The van der Waals surface area contributed by atoms with Crippen molar-refractivity contribution in [3.05, 3.63) is 514 Å². The highest BCUT2D eigenvalue weighted by atomic mass is 16.3. The van der Waals surface area contributed by atoms with Crippen LogP contribution in [0.3, 0.4) is 0 Å². The van der Waals surface area contributed by atoms with Crippen molar-refractivity contribution in [1.82, 2.24) is 0 Å². The predicted molar refractivity (Wildman–Crippen MR) is 603 cm³/mol. The molecule has 2 atom stereocenters. The molecule has 25 aromatic carbocycles. The topological polar surface area (TPSA) is 39.4 Å². The van der Waals surface area contributed by atoms with E-state index < -0.39 is 72.5 Å². The second kappa shape index (κ2) is 33.1. The van der Waals surface area contributed by atoms with Gasteiger partial charge >= 0.3 is 0 Å². The van der Waals surface area contributed by atoms with Crippen molar-refractivity contribution < 1.29 is 46.1 Å². The lowest BCUT2D eigenvalue weighted by molar-refractivity contribution is 0.395. The summed E-state index contributed by atoms with van der Waals surface area (Å²) in [6, 6.07) is 100. The number of allylic oxidation sites excluding steroid dienone is 4. The van der Waals surface area contributed by atoms with Crippen molar-refractivity contribution >= 4 is 179 Å². The molecule has 0 fully saturated rings. The smallest absolute Gasteiger partial charge is 0.135 e. The van der Waals surface area contributed by atoms with E-state index in [1.807, 2.05) is 291 Å². The molecule has 664 valence electrons. The molecule has 3 heteroatoms. The summed E-state index contributed by atoms with van der Waals surface area (Å²) in [4.78, 5) is 0. The molecule has 28 aromatic rings. The van der Waals surface area contributed by atoms with Gasteiger partial charge in [-0.2, -0.15) is 0 Å². The van der Waals surface area contributed by atoms with Crippen LogP contribution in [-0.4, -0.2) is 0 Å². The Balaban J connectivity index is 0.000000116. The number of hydrogen-bond donors (Lipinski definition) is 0. The molecule has 0 spiro atoms. The quantitative estimate of drug-likeness (QED) is 0.107. The lowest BCUT2D eigenvalue weighted by Gasteiger charge is -2.31. The molecule has 0 saturated heterocycles. The van der Waals surface area contributed by atoms with Gasteiger partial charge in [0.15, 0.2) is 0 Å². The van der Waals surface area contributed by atoms with E-state index in [1.165, 1.54) is 11.1 Å². The van der Waals surface area contributed by atoms with Crippen molar-refractivity contribution in [3.8, 4) is 89.0 Å². The Morgan fingerprint density at radius 3 is 1.00 bits per heavy atom.